The minimum absolute atomic E-state index is 0.499. The van der Waals surface area contributed by atoms with Crippen molar-refractivity contribution in [2.24, 2.45) is 0 Å². The quantitative estimate of drug-likeness (QED) is 0.221. The smallest absolute Gasteiger partial charge is 0.141 e. The Morgan fingerprint density at radius 2 is 0.974 bits per heavy atom. The van der Waals surface area contributed by atoms with Gasteiger partial charge >= 0.3 is 0 Å². The Bertz CT molecular complexity index is 1840. The maximum atomic E-state index is 7.00. The lowest BCUT2D eigenvalue weighted by molar-refractivity contribution is 0.438. The van der Waals surface area contributed by atoms with E-state index in [2.05, 4.69) is 121 Å². The fourth-order valence-corrected chi connectivity index (χ4v) is 6.88. The number of hydrogen-bond donors (Lipinski definition) is 0. The molecule has 2 heteroatoms. The topological polar surface area (TPSA) is 9.23 Å². The van der Waals surface area contributed by atoms with Crippen LogP contribution in [0.5, 0.6) is 11.5 Å². The van der Waals surface area contributed by atoms with E-state index in [4.69, 9.17) is 16.3 Å². The first-order valence-corrected chi connectivity index (χ1v) is 13.6. The second-order valence-electron chi connectivity index (χ2n) is 10.2. The molecular formula is C37H23ClO. The van der Waals surface area contributed by atoms with E-state index in [1.807, 2.05) is 18.2 Å². The van der Waals surface area contributed by atoms with Crippen molar-refractivity contribution in [3.8, 4) is 44.9 Å². The Kier molecular flexibility index (Phi) is 4.86. The van der Waals surface area contributed by atoms with E-state index in [-0.39, 0.29) is 0 Å². The molecule has 0 unspecified atom stereocenters. The van der Waals surface area contributed by atoms with Crippen molar-refractivity contribution < 1.29 is 4.74 Å². The molecule has 6 aromatic carbocycles. The van der Waals surface area contributed by atoms with Gasteiger partial charge in [0.05, 0.1) is 10.4 Å². The van der Waals surface area contributed by atoms with Gasteiger partial charge in [-0.2, -0.15) is 0 Å². The lowest BCUT2D eigenvalue weighted by Crippen LogP contribution is -2.32. The van der Waals surface area contributed by atoms with E-state index < -0.39 is 5.41 Å². The molecular weight excluding hydrogens is 496 g/mol. The summed E-state index contributed by atoms with van der Waals surface area (Å²) in [6, 6.07) is 49.2. The molecule has 2 aliphatic rings. The Hall–Kier alpha value is -4.59. The standard InChI is InChI=1S/C37H23ClO/c38-33-23-22-32-36(35(33)26-20-18-25(19-21-26)24-10-2-1-3-11-24)39-34-17-9-8-16-31(34)37(32)29-14-6-4-12-27(29)28-13-5-7-15-30(28)37/h1-23H. The van der Waals surface area contributed by atoms with Gasteiger partial charge in [0.25, 0.3) is 0 Å². The van der Waals surface area contributed by atoms with Gasteiger partial charge in [-0.05, 0) is 51.1 Å². The summed E-state index contributed by atoms with van der Waals surface area (Å²) in [5.41, 5.74) is 11.2. The average molecular weight is 519 g/mol. The van der Waals surface area contributed by atoms with Gasteiger partial charge in [0.15, 0.2) is 0 Å². The van der Waals surface area contributed by atoms with Gasteiger partial charge in [0, 0.05) is 16.7 Å². The first kappa shape index (κ1) is 22.4. The Morgan fingerprint density at radius 3 is 1.67 bits per heavy atom. The van der Waals surface area contributed by atoms with Gasteiger partial charge < -0.3 is 4.74 Å². The molecule has 0 radical (unpaired) electrons. The molecule has 1 heterocycles. The van der Waals surface area contributed by atoms with E-state index in [9.17, 15) is 0 Å². The van der Waals surface area contributed by atoms with Crippen LogP contribution in [-0.2, 0) is 5.41 Å². The Labute approximate surface area is 232 Å². The van der Waals surface area contributed by atoms with Crippen molar-refractivity contribution in [3.05, 3.63) is 167 Å². The number of fused-ring (bicyclic) bond motifs is 9. The lowest BCUT2D eigenvalue weighted by atomic mass is 9.65. The molecule has 0 atom stereocenters. The number of benzene rings is 6. The largest absolute Gasteiger partial charge is 0.456 e. The molecule has 0 N–H and O–H groups in total. The van der Waals surface area contributed by atoms with Crippen molar-refractivity contribution in [3.63, 3.8) is 0 Å². The van der Waals surface area contributed by atoms with Crippen LogP contribution < -0.4 is 4.74 Å². The molecule has 0 saturated carbocycles. The van der Waals surface area contributed by atoms with Gasteiger partial charge in [-0.25, -0.2) is 0 Å². The molecule has 39 heavy (non-hydrogen) atoms. The summed E-state index contributed by atoms with van der Waals surface area (Å²) in [5, 5.41) is 0.676. The molecule has 1 aliphatic carbocycles. The maximum absolute atomic E-state index is 7.00. The van der Waals surface area contributed by atoms with E-state index in [0.717, 1.165) is 33.8 Å². The van der Waals surface area contributed by atoms with Crippen LogP contribution in [0.1, 0.15) is 22.3 Å². The molecule has 8 rings (SSSR count). The molecule has 0 aromatic heterocycles. The number of rotatable bonds is 2. The minimum atomic E-state index is -0.499. The molecule has 1 aliphatic heterocycles. The highest BCUT2D eigenvalue weighted by Crippen LogP contribution is 2.63. The summed E-state index contributed by atoms with van der Waals surface area (Å²) < 4.78 is 6.79. The monoisotopic (exact) mass is 518 g/mol. The van der Waals surface area contributed by atoms with E-state index in [1.54, 1.807) is 0 Å². The molecule has 0 fully saturated rings. The van der Waals surface area contributed by atoms with E-state index in [1.165, 1.54) is 33.4 Å². The summed E-state index contributed by atoms with van der Waals surface area (Å²) in [4.78, 5) is 0. The number of halogens is 1. The van der Waals surface area contributed by atoms with Crippen molar-refractivity contribution in [1.82, 2.24) is 0 Å². The normalized spacial score (nSPS) is 13.7. The zero-order valence-corrected chi connectivity index (χ0v) is 21.8. The SMILES string of the molecule is Clc1ccc2c(c1-c1ccc(-c3ccccc3)cc1)Oc1ccccc1C21c2ccccc2-c2ccccc21. The number of hydrogen-bond acceptors (Lipinski definition) is 1. The van der Waals surface area contributed by atoms with Gasteiger partial charge in [0.1, 0.15) is 11.5 Å². The molecule has 0 amide bonds. The highest BCUT2D eigenvalue weighted by Gasteiger charge is 2.51. The molecule has 1 nitrogen and oxygen atoms in total. The van der Waals surface area contributed by atoms with Gasteiger partial charge in [-0.1, -0.05) is 139 Å². The first-order chi connectivity index (χ1) is 19.3. The number of ether oxygens (including phenoxy) is 1. The summed E-state index contributed by atoms with van der Waals surface area (Å²) in [6.45, 7) is 0. The van der Waals surface area contributed by atoms with Gasteiger partial charge in [-0.3, -0.25) is 0 Å². The van der Waals surface area contributed by atoms with Crippen molar-refractivity contribution >= 4 is 11.6 Å². The Morgan fingerprint density at radius 1 is 0.436 bits per heavy atom. The summed E-state index contributed by atoms with van der Waals surface area (Å²) >= 11 is 7.00. The highest BCUT2D eigenvalue weighted by atomic mass is 35.5. The number of para-hydroxylation sites is 1. The minimum Gasteiger partial charge on any atom is -0.456 e. The van der Waals surface area contributed by atoms with Crippen LogP contribution in [-0.4, -0.2) is 0 Å². The third-order valence-electron chi connectivity index (χ3n) is 8.25. The fourth-order valence-electron chi connectivity index (χ4n) is 6.62. The molecule has 6 aromatic rings. The fraction of sp³-hybridized carbons (Fsp3) is 0.0270. The van der Waals surface area contributed by atoms with E-state index >= 15 is 0 Å². The van der Waals surface area contributed by atoms with E-state index in [0.29, 0.717) is 5.02 Å². The van der Waals surface area contributed by atoms with Gasteiger partial charge in [0.2, 0.25) is 0 Å². The predicted molar refractivity (Wildman–Crippen MR) is 160 cm³/mol. The summed E-state index contributed by atoms with van der Waals surface area (Å²) in [6.07, 6.45) is 0. The second-order valence-corrected chi connectivity index (χ2v) is 10.6. The maximum Gasteiger partial charge on any atom is 0.141 e. The lowest BCUT2D eigenvalue weighted by Gasteiger charge is -2.40. The summed E-state index contributed by atoms with van der Waals surface area (Å²) in [7, 11) is 0. The molecule has 0 bridgehead atoms. The van der Waals surface area contributed by atoms with Crippen LogP contribution in [0.3, 0.4) is 0 Å². The molecule has 184 valence electrons. The third-order valence-corrected chi connectivity index (χ3v) is 8.56. The highest BCUT2D eigenvalue weighted by molar-refractivity contribution is 6.33. The van der Waals surface area contributed by atoms with Crippen molar-refractivity contribution in [2.45, 2.75) is 5.41 Å². The van der Waals surface area contributed by atoms with Crippen molar-refractivity contribution in [1.29, 1.82) is 0 Å². The Balaban J connectivity index is 1.42. The zero-order chi connectivity index (χ0) is 26.0. The molecule has 1 spiro atoms. The summed E-state index contributed by atoms with van der Waals surface area (Å²) in [5.74, 6) is 1.68. The van der Waals surface area contributed by atoms with Crippen molar-refractivity contribution in [2.75, 3.05) is 0 Å². The second kappa shape index (κ2) is 8.46. The van der Waals surface area contributed by atoms with Gasteiger partial charge in [-0.15, -0.1) is 0 Å². The van der Waals surface area contributed by atoms with Crippen LogP contribution in [0.25, 0.3) is 33.4 Å². The first-order valence-electron chi connectivity index (χ1n) is 13.2. The predicted octanol–water partition coefficient (Wildman–Crippen LogP) is 10.1. The van der Waals surface area contributed by atoms with Crippen LogP contribution in [0, 0.1) is 0 Å². The third kappa shape index (κ3) is 3.08. The average Bonchev–Trinajstić information content (AvgIpc) is 3.29. The zero-order valence-electron chi connectivity index (χ0n) is 21.1. The molecule has 0 saturated heterocycles. The van der Waals surface area contributed by atoms with Crippen LogP contribution in [0.2, 0.25) is 5.02 Å². The van der Waals surface area contributed by atoms with Crippen LogP contribution in [0.4, 0.5) is 0 Å². The van der Waals surface area contributed by atoms with Crippen LogP contribution in [0.15, 0.2) is 140 Å². The van der Waals surface area contributed by atoms with Crippen LogP contribution >= 0.6 is 11.6 Å².